The van der Waals surface area contributed by atoms with Crippen LogP contribution in [-0.2, 0) is 27.2 Å². The van der Waals surface area contributed by atoms with Gasteiger partial charge in [0.05, 0.1) is 0 Å². The first kappa shape index (κ1) is 35.7. The molecule has 0 heterocycles. The van der Waals surface area contributed by atoms with Gasteiger partial charge in [0.2, 0.25) is 0 Å². The van der Waals surface area contributed by atoms with Crippen LogP contribution in [-0.4, -0.2) is 17.3 Å². The predicted octanol–water partition coefficient (Wildman–Crippen LogP) is 11.7. The zero-order valence-electron chi connectivity index (χ0n) is 30.2. The second-order valence-electron chi connectivity index (χ2n) is 14.9. The smallest absolute Gasteiger partial charge is 0.135 e. The summed E-state index contributed by atoms with van der Waals surface area (Å²) in [6.07, 6.45) is 12.6. The Morgan fingerprint density at radius 1 is 0.440 bits per heavy atom. The van der Waals surface area contributed by atoms with Gasteiger partial charge in [0.15, 0.2) is 0 Å². The van der Waals surface area contributed by atoms with Crippen molar-refractivity contribution in [2.24, 2.45) is 11.8 Å². The number of rotatable bonds is 14. The summed E-state index contributed by atoms with van der Waals surface area (Å²) in [5, 5.41) is 0. The molecule has 2 aliphatic carbocycles. The number of aryl methyl sites for hydroxylation is 2. The van der Waals surface area contributed by atoms with Crippen molar-refractivity contribution >= 4 is 17.3 Å². The molecule has 0 N–H and O–H groups in total. The maximum atomic E-state index is 12.8. The number of ketones is 3. The Morgan fingerprint density at radius 3 is 1.04 bits per heavy atom. The molecule has 0 aliphatic heterocycles. The highest BCUT2D eigenvalue weighted by Gasteiger charge is 2.27. The van der Waals surface area contributed by atoms with Crippen molar-refractivity contribution in [3.05, 3.63) is 119 Å². The van der Waals surface area contributed by atoms with Gasteiger partial charge in [-0.25, -0.2) is 0 Å². The second kappa shape index (κ2) is 17.2. The molecule has 2 fully saturated rings. The first-order valence-electron chi connectivity index (χ1n) is 19.4. The van der Waals surface area contributed by atoms with Crippen LogP contribution in [0.2, 0.25) is 0 Å². The van der Waals surface area contributed by atoms with Crippen LogP contribution in [0, 0.1) is 11.8 Å². The summed E-state index contributed by atoms with van der Waals surface area (Å²) in [6.45, 7) is 3.96. The molecule has 50 heavy (non-hydrogen) atoms. The number of benzene rings is 4. The van der Waals surface area contributed by atoms with E-state index >= 15 is 0 Å². The van der Waals surface area contributed by atoms with E-state index in [2.05, 4.69) is 97.1 Å². The fourth-order valence-electron chi connectivity index (χ4n) is 8.39. The molecule has 6 rings (SSSR count). The maximum Gasteiger partial charge on any atom is 0.135 e. The molecule has 3 heteroatoms. The average molecular weight is 667 g/mol. The third-order valence-corrected chi connectivity index (χ3v) is 11.8. The van der Waals surface area contributed by atoms with E-state index in [1.165, 1.54) is 44.5 Å². The van der Waals surface area contributed by atoms with Crippen LogP contribution in [0.4, 0.5) is 0 Å². The highest BCUT2D eigenvalue weighted by molar-refractivity contribution is 5.81. The lowest BCUT2D eigenvalue weighted by Crippen LogP contribution is -2.20. The topological polar surface area (TPSA) is 51.2 Å². The molecule has 260 valence electrons. The van der Waals surface area contributed by atoms with Gasteiger partial charge in [-0.3, -0.25) is 14.4 Å². The third-order valence-electron chi connectivity index (χ3n) is 11.8. The molecule has 0 radical (unpaired) electrons. The molecule has 3 nitrogen and oxygen atoms in total. The van der Waals surface area contributed by atoms with Gasteiger partial charge >= 0.3 is 0 Å². The van der Waals surface area contributed by atoms with E-state index in [1.807, 2.05) is 13.8 Å². The van der Waals surface area contributed by atoms with Gasteiger partial charge in [-0.05, 0) is 121 Å². The fourth-order valence-corrected chi connectivity index (χ4v) is 8.39. The molecular weight excluding hydrogens is 613 g/mol. The van der Waals surface area contributed by atoms with E-state index in [-0.39, 0.29) is 11.8 Å². The van der Waals surface area contributed by atoms with Gasteiger partial charge in [-0.2, -0.15) is 0 Å². The summed E-state index contributed by atoms with van der Waals surface area (Å²) in [6, 6.07) is 35.3. The van der Waals surface area contributed by atoms with E-state index in [1.54, 1.807) is 0 Å². The van der Waals surface area contributed by atoms with Crippen LogP contribution in [0.1, 0.15) is 125 Å². The molecule has 0 saturated heterocycles. The monoisotopic (exact) mass is 666 g/mol. The Labute approximate surface area is 299 Å². The summed E-state index contributed by atoms with van der Waals surface area (Å²) in [4.78, 5) is 36.9. The predicted molar refractivity (Wildman–Crippen MR) is 205 cm³/mol. The SMILES string of the molecule is CCC(=O)C1CCC(c2ccc(-c3ccc(CCC(=O)CCc4ccc(-c5ccc(C6CCC(C(=O)CC)CC6)cc5)cc4)cc3)cc2)CC1. The van der Waals surface area contributed by atoms with Crippen LogP contribution < -0.4 is 0 Å². The Balaban J connectivity index is 0.919. The minimum atomic E-state index is 0.277. The van der Waals surface area contributed by atoms with Crippen LogP contribution in [0.15, 0.2) is 97.1 Å². The summed E-state index contributed by atoms with van der Waals surface area (Å²) in [5.41, 5.74) is 10.0. The molecule has 4 aromatic carbocycles. The largest absolute Gasteiger partial charge is 0.300 e. The minimum absolute atomic E-state index is 0.277. The standard InChI is InChI=1S/C47H54O3/c1-3-46(49)43-27-23-41(24-28-43)39-19-15-37(16-20-39)35-11-5-33(6-12-35)9-31-45(48)32-10-34-7-13-36(14-8-34)38-17-21-40(22-18-38)42-25-29-44(30-26-42)47(50)4-2/h5-8,11-22,41-44H,3-4,9-10,23-32H2,1-2H3. The molecular formula is C47H54O3. The highest BCUT2D eigenvalue weighted by atomic mass is 16.1. The quantitative estimate of drug-likeness (QED) is 0.135. The maximum absolute atomic E-state index is 12.8. The number of Topliss-reactive ketones (excluding diaryl/α,β-unsaturated/α-hetero) is 3. The Morgan fingerprint density at radius 2 is 0.740 bits per heavy atom. The van der Waals surface area contributed by atoms with E-state index in [0.717, 1.165) is 64.2 Å². The van der Waals surface area contributed by atoms with Crippen LogP contribution in [0.3, 0.4) is 0 Å². The lowest BCUT2D eigenvalue weighted by molar-refractivity contribution is -0.124. The lowest BCUT2D eigenvalue weighted by atomic mass is 9.76. The Hall–Kier alpha value is -4.11. The molecule has 0 atom stereocenters. The Kier molecular flexibility index (Phi) is 12.3. The minimum Gasteiger partial charge on any atom is -0.300 e. The lowest BCUT2D eigenvalue weighted by Gasteiger charge is -2.28. The summed E-state index contributed by atoms with van der Waals surface area (Å²) >= 11 is 0. The van der Waals surface area contributed by atoms with Crippen molar-refractivity contribution in [1.29, 1.82) is 0 Å². The number of carbonyl (C=O) groups is 3. The van der Waals surface area contributed by atoms with E-state index < -0.39 is 0 Å². The molecule has 0 aromatic heterocycles. The van der Waals surface area contributed by atoms with Gasteiger partial charge < -0.3 is 0 Å². The van der Waals surface area contributed by atoms with Gasteiger partial charge in [0.1, 0.15) is 17.3 Å². The molecule has 4 aromatic rings. The molecule has 2 saturated carbocycles. The normalized spacial score (nSPS) is 20.7. The van der Waals surface area contributed by atoms with Crippen molar-refractivity contribution in [2.45, 2.75) is 116 Å². The third kappa shape index (κ3) is 9.16. The average Bonchev–Trinajstić information content (AvgIpc) is 3.19. The van der Waals surface area contributed by atoms with Crippen LogP contribution >= 0.6 is 0 Å². The van der Waals surface area contributed by atoms with Gasteiger partial charge in [0.25, 0.3) is 0 Å². The van der Waals surface area contributed by atoms with E-state index in [4.69, 9.17) is 0 Å². The summed E-state index contributed by atoms with van der Waals surface area (Å²) in [5.74, 6) is 2.86. The molecule has 0 amide bonds. The molecule has 2 aliphatic rings. The zero-order valence-corrected chi connectivity index (χ0v) is 30.2. The van der Waals surface area contributed by atoms with Crippen molar-refractivity contribution in [1.82, 2.24) is 0 Å². The van der Waals surface area contributed by atoms with Crippen molar-refractivity contribution in [3.8, 4) is 22.3 Å². The fraction of sp³-hybridized carbons (Fsp3) is 0.426. The molecule has 0 unspecified atom stereocenters. The van der Waals surface area contributed by atoms with Crippen molar-refractivity contribution < 1.29 is 14.4 Å². The van der Waals surface area contributed by atoms with Crippen LogP contribution in [0.5, 0.6) is 0 Å². The highest BCUT2D eigenvalue weighted by Crippen LogP contribution is 2.38. The number of carbonyl (C=O) groups excluding carboxylic acids is 3. The van der Waals surface area contributed by atoms with Crippen molar-refractivity contribution in [2.75, 3.05) is 0 Å². The van der Waals surface area contributed by atoms with E-state index in [0.29, 0.717) is 54.9 Å². The van der Waals surface area contributed by atoms with Crippen LogP contribution in [0.25, 0.3) is 22.3 Å². The zero-order chi connectivity index (χ0) is 34.9. The number of hydrogen-bond donors (Lipinski definition) is 0. The van der Waals surface area contributed by atoms with Gasteiger partial charge in [-0.1, -0.05) is 111 Å². The van der Waals surface area contributed by atoms with Gasteiger partial charge in [0, 0.05) is 37.5 Å². The van der Waals surface area contributed by atoms with Gasteiger partial charge in [-0.15, -0.1) is 0 Å². The summed E-state index contributed by atoms with van der Waals surface area (Å²) < 4.78 is 0. The van der Waals surface area contributed by atoms with E-state index in [9.17, 15) is 14.4 Å². The molecule has 0 bridgehead atoms. The molecule has 0 spiro atoms. The van der Waals surface area contributed by atoms with Crippen molar-refractivity contribution in [3.63, 3.8) is 0 Å². The first-order chi connectivity index (χ1) is 24.4. The first-order valence-corrected chi connectivity index (χ1v) is 19.4. The second-order valence-corrected chi connectivity index (χ2v) is 14.9. The summed E-state index contributed by atoms with van der Waals surface area (Å²) in [7, 11) is 0. The Bertz CT molecular complexity index is 1570. The number of hydrogen-bond acceptors (Lipinski definition) is 3.